The van der Waals surface area contributed by atoms with Crippen molar-refractivity contribution in [1.82, 2.24) is 4.90 Å². The number of benzene rings is 3. The molecule has 0 saturated heterocycles. The van der Waals surface area contributed by atoms with E-state index in [0.29, 0.717) is 31.8 Å². The lowest BCUT2D eigenvalue weighted by atomic mass is 10.1. The van der Waals surface area contributed by atoms with Gasteiger partial charge in [-0.25, -0.2) is 4.39 Å². The van der Waals surface area contributed by atoms with E-state index in [1.165, 1.54) is 6.07 Å². The summed E-state index contributed by atoms with van der Waals surface area (Å²) in [6.07, 6.45) is -0.682. The normalized spacial score (nSPS) is 12.1. The lowest BCUT2D eigenvalue weighted by Crippen LogP contribution is -2.34. The molecule has 0 aliphatic rings. The van der Waals surface area contributed by atoms with Gasteiger partial charge >= 0.3 is 0 Å². The van der Waals surface area contributed by atoms with Crippen LogP contribution in [-0.2, 0) is 24.4 Å². The highest BCUT2D eigenvalue weighted by Crippen LogP contribution is 2.16. The quantitative estimate of drug-likeness (QED) is 0.509. The average molecular weight is 410 g/mol. The van der Waals surface area contributed by atoms with Crippen LogP contribution in [0, 0.1) is 5.82 Å². The Bertz CT molecular complexity index is 886. The smallest absolute Gasteiger partial charge is 0.127 e. The van der Waals surface area contributed by atoms with Gasteiger partial charge in [0.25, 0.3) is 0 Å². The van der Waals surface area contributed by atoms with Crippen molar-refractivity contribution in [3.63, 3.8) is 0 Å². The van der Waals surface area contributed by atoms with Crippen LogP contribution in [-0.4, -0.2) is 36.4 Å². The summed E-state index contributed by atoms with van der Waals surface area (Å²) >= 11 is 0. The van der Waals surface area contributed by atoms with Gasteiger partial charge in [0.1, 0.15) is 11.6 Å². The summed E-state index contributed by atoms with van der Waals surface area (Å²) in [5.74, 6) is 0.542. The van der Waals surface area contributed by atoms with Crippen molar-refractivity contribution in [2.45, 2.75) is 25.8 Å². The molecule has 1 atom stereocenters. The molecule has 0 heterocycles. The van der Waals surface area contributed by atoms with E-state index in [-0.39, 0.29) is 12.4 Å². The van der Waals surface area contributed by atoms with Crippen LogP contribution in [0.4, 0.5) is 4.39 Å². The Labute approximate surface area is 177 Å². The zero-order valence-corrected chi connectivity index (χ0v) is 17.2. The lowest BCUT2D eigenvalue weighted by Gasteiger charge is -2.25. The number of ether oxygens (including phenoxy) is 2. The molecule has 0 unspecified atom stereocenters. The second-order valence-electron chi connectivity index (χ2n) is 7.26. The number of nitrogens with zero attached hydrogens (tertiary/aromatic N) is 1. The first-order valence-electron chi connectivity index (χ1n) is 10.0. The summed E-state index contributed by atoms with van der Waals surface area (Å²) in [4.78, 5) is 2.02. The highest BCUT2D eigenvalue weighted by molar-refractivity contribution is 5.27. The van der Waals surface area contributed by atoms with Gasteiger partial charge < -0.3 is 14.6 Å². The molecule has 0 amide bonds. The van der Waals surface area contributed by atoms with Gasteiger partial charge in [0.05, 0.1) is 26.4 Å². The third-order valence-corrected chi connectivity index (χ3v) is 4.81. The Balaban J connectivity index is 1.61. The highest BCUT2D eigenvalue weighted by atomic mass is 19.1. The van der Waals surface area contributed by atoms with Crippen LogP contribution in [0.15, 0.2) is 78.9 Å². The third kappa shape index (κ3) is 6.95. The van der Waals surface area contributed by atoms with Crippen molar-refractivity contribution in [3.8, 4) is 5.75 Å². The average Bonchev–Trinajstić information content (AvgIpc) is 2.76. The Morgan fingerprint density at radius 3 is 2.27 bits per heavy atom. The molecule has 5 heteroatoms. The van der Waals surface area contributed by atoms with Gasteiger partial charge in [-0.3, -0.25) is 4.90 Å². The van der Waals surface area contributed by atoms with E-state index in [0.717, 1.165) is 16.9 Å². The number of rotatable bonds is 11. The lowest BCUT2D eigenvalue weighted by molar-refractivity contribution is 0.00696. The Hall–Kier alpha value is -2.73. The molecule has 1 N–H and O–H groups in total. The fourth-order valence-corrected chi connectivity index (χ4v) is 3.28. The largest absolute Gasteiger partial charge is 0.497 e. The van der Waals surface area contributed by atoms with E-state index in [9.17, 15) is 9.50 Å². The summed E-state index contributed by atoms with van der Waals surface area (Å²) in [6, 6.07) is 24.3. The zero-order valence-electron chi connectivity index (χ0n) is 17.2. The molecule has 0 aliphatic carbocycles. The zero-order chi connectivity index (χ0) is 21.2. The summed E-state index contributed by atoms with van der Waals surface area (Å²) in [7, 11) is 1.63. The van der Waals surface area contributed by atoms with E-state index in [1.54, 1.807) is 19.2 Å². The van der Waals surface area contributed by atoms with E-state index in [1.807, 2.05) is 65.6 Å². The standard InChI is InChI=1S/C25H28FNO3/c1-29-24-13-11-20(12-14-24)15-27(16-22-9-5-6-10-25(22)26)17-23(28)19-30-18-21-7-3-2-4-8-21/h2-14,23,28H,15-19H2,1H3/t23-/m0/s1. The molecule has 3 aromatic carbocycles. The highest BCUT2D eigenvalue weighted by Gasteiger charge is 2.15. The molecule has 0 fully saturated rings. The monoisotopic (exact) mass is 409 g/mol. The van der Waals surface area contributed by atoms with E-state index >= 15 is 0 Å². The van der Waals surface area contributed by atoms with Crippen molar-refractivity contribution in [2.75, 3.05) is 20.3 Å². The van der Waals surface area contributed by atoms with Gasteiger partial charge in [-0.05, 0) is 29.3 Å². The van der Waals surface area contributed by atoms with Gasteiger partial charge in [-0.2, -0.15) is 0 Å². The SMILES string of the molecule is COc1ccc(CN(Cc2ccccc2F)C[C@H](O)COCc2ccccc2)cc1. The van der Waals surface area contributed by atoms with E-state index in [2.05, 4.69) is 0 Å². The van der Waals surface area contributed by atoms with Crippen LogP contribution in [0.25, 0.3) is 0 Å². The molecule has 30 heavy (non-hydrogen) atoms. The Morgan fingerprint density at radius 1 is 0.867 bits per heavy atom. The molecule has 158 valence electrons. The first-order chi connectivity index (χ1) is 14.6. The molecular weight excluding hydrogens is 381 g/mol. The maximum Gasteiger partial charge on any atom is 0.127 e. The van der Waals surface area contributed by atoms with Crippen molar-refractivity contribution in [1.29, 1.82) is 0 Å². The van der Waals surface area contributed by atoms with Crippen molar-refractivity contribution in [2.24, 2.45) is 0 Å². The van der Waals surface area contributed by atoms with Crippen LogP contribution >= 0.6 is 0 Å². The third-order valence-electron chi connectivity index (χ3n) is 4.81. The maximum atomic E-state index is 14.2. The number of aliphatic hydroxyl groups is 1. The van der Waals surface area contributed by atoms with E-state index < -0.39 is 6.10 Å². The second kappa shape index (κ2) is 11.5. The second-order valence-corrected chi connectivity index (χ2v) is 7.26. The topological polar surface area (TPSA) is 41.9 Å². The van der Waals surface area contributed by atoms with Crippen molar-refractivity contribution < 1.29 is 19.0 Å². The predicted octanol–water partition coefficient (Wildman–Crippen LogP) is 4.41. The van der Waals surface area contributed by atoms with Gasteiger partial charge in [0.15, 0.2) is 0 Å². The van der Waals surface area contributed by atoms with Crippen LogP contribution < -0.4 is 4.74 Å². The Morgan fingerprint density at radius 2 is 1.57 bits per heavy atom. The molecule has 0 radical (unpaired) electrons. The molecule has 3 rings (SSSR count). The summed E-state index contributed by atoms with van der Waals surface area (Å²) < 4.78 is 25.1. The first kappa shape index (κ1) is 22.0. The maximum absolute atomic E-state index is 14.2. The molecule has 4 nitrogen and oxygen atoms in total. The number of halogens is 1. The molecular formula is C25H28FNO3. The Kier molecular flexibility index (Phi) is 8.39. The minimum atomic E-state index is -0.682. The number of hydrogen-bond acceptors (Lipinski definition) is 4. The number of methoxy groups -OCH3 is 1. The van der Waals surface area contributed by atoms with Gasteiger partial charge in [0.2, 0.25) is 0 Å². The molecule has 0 aliphatic heterocycles. The number of hydrogen-bond donors (Lipinski definition) is 1. The molecule has 0 bridgehead atoms. The molecule has 0 spiro atoms. The van der Waals surface area contributed by atoms with Crippen molar-refractivity contribution in [3.05, 3.63) is 101 Å². The van der Waals surface area contributed by atoms with Gasteiger partial charge in [-0.15, -0.1) is 0 Å². The summed E-state index contributed by atoms with van der Waals surface area (Å²) in [6.45, 7) is 2.01. The van der Waals surface area contributed by atoms with E-state index in [4.69, 9.17) is 9.47 Å². The fourth-order valence-electron chi connectivity index (χ4n) is 3.28. The molecule has 0 aromatic heterocycles. The van der Waals surface area contributed by atoms with Gasteiger partial charge in [0, 0.05) is 25.2 Å². The number of aliphatic hydroxyl groups excluding tert-OH is 1. The fraction of sp³-hybridized carbons (Fsp3) is 0.280. The van der Waals surface area contributed by atoms with Crippen LogP contribution in [0.2, 0.25) is 0 Å². The van der Waals surface area contributed by atoms with Crippen molar-refractivity contribution >= 4 is 0 Å². The minimum Gasteiger partial charge on any atom is -0.497 e. The first-order valence-corrected chi connectivity index (χ1v) is 10.0. The predicted molar refractivity (Wildman–Crippen MR) is 116 cm³/mol. The molecule has 3 aromatic rings. The van der Waals surface area contributed by atoms with Gasteiger partial charge in [-0.1, -0.05) is 60.7 Å². The van der Waals surface area contributed by atoms with Crippen LogP contribution in [0.1, 0.15) is 16.7 Å². The van der Waals surface area contributed by atoms with Crippen LogP contribution in [0.3, 0.4) is 0 Å². The molecule has 0 saturated carbocycles. The minimum absolute atomic E-state index is 0.214. The summed E-state index contributed by atoms with van der Waals surface area (Å²) in [5.41, 5.74) is 2.72. The summed E-state index contributed by atoms with van der Waals surface area (Å²) in [5, 5.41) is 10.5. The van der Waals surface area contributed by atoms with Crippen LogP contribution in [0.5, 0.6) is 5.75 Å².